The number of carboxylic acids is 1. The summed E-state index contributed by atoms with van der Waals surface area (Å²) in [4.78, 5) is 34.7. The lowest BCUT2D eigenvalue weighted by Gasteiger charge is -2.22. The van der Waals surface area contributed by atoms with Crippen molar-refractivity contribution >= 4 is 23.7 Å². The van der Waals surface area contributed by atoms with Crippen LogP contribution in [0.2, 0.25) is 0 Å². The van der Waals surface area contributed by atoms with Crippen LogP contribution in [0.4, 0.5) is 10.5 Å². The first kappa shape index (κ1) is 22.4. The van der Waals surface area contributed by atoms with Gasteiger partial charge in [-0.15, -0.1) is 0 Å². The van der Waals surface area contributed by atoms with Gasteiger partial charge in [0.25, 0.3) is 0 Å². The van der Waals surface area contributed by atoms with E-state index in [0.29, 0.717) is 5.69 Å². The average Bonchev–Trinajstić information content (AvgIpc) is 2.53. The van der Waals surface area contributed by atoms with E-state index < -0.39 is 23.6 Å². The average molecular weight is 380 g/mol. The van der Waals surface area contributed by atoms with Crippen LogP contribution in [-0.2, 0) is 32.0 Å². The molecule has 0 aliphatic carbocycles. The Balaban J connectivity index is 3.22. The molecule has 0 heterocycles. The van der Waals surface area contributed by atoms with Gasteiger partial charge in [-0.2, -0.15) is 0 Å². The second kappa shape index (κ2) is 9.36. The molecule has 0 unspecified atom stereocenters. The van der Waals surface area contributed by atoms with Gasteiger partial charge in [-0.3, -0.25) is 14.9 Å². The first-order valence-electron chi connectivity index (χ1n) is 8.56. The lowest BCUT2D eigenvalue weighted by Crippen LogP contribution is -2.28. The number of carbonyl (C=O) groups excluding carboxylic acids is 2. The van der Waals surface area contributed by atoms with Crippen LogP contribution < -0.4 is 10.6 Å². The number of nitrogens with one attached hydrogen (secondary N) is 2. The van der Waals surface area contributed by atoms with E-state index >= 15 is 0 Å². The number of anilines is 1. The third-order valence-electron chi connectivity index (χ3n) is 3.89. The normalized spacial score (nSPS) is 11.0. The molecule has 0 bridgehead atoms. The lowest BCUT2D eigenvalue weighted by atomic mass is 9.93. The Morgan fingerprint density at radius 1 is 1.15 bits per heavy atom. The molecule has 1 aromatic rings. The van der Waals surface area contributed by atoms with Gasteiger partial charge in [0.05, 0.1) is 20.1 Å². The zero-order chi connectivity index (χ0) is 20.8. The number of benzene rings is 1. The Hall–Kier alpha value is -2.61. The number of aliphatic carboxylic acids is 1. The highest BCUT2D eigenvalue weighted by atomic mass is 16.6. The Morgan fingerprint density at radius 3 is 2.30 bits per heavy atom. The van der Waals surface area contributed by atoms with Crippen molar-refractivity contribution in [2.24, 2.45) is 0 Å². The summed E-state index contributed by atoms with van der Waals surface area (Å²) in [6, 6.07) is 1.75. The number of carboxylic acid groups (broad SMARTS) is 1. The fourth-order valence-corrected chi connectivity index (χ4v) is 2.54. The van der Waals surface area contributed by atoms with Crippen molar-refractivity contribution in [2.45, 2.75) is 53.2 Å². The minimum atomic E-state index is -0.971. The maximum absolute atomic E-state index is 12.2. The molecule has 0 atom stereocenters. The molecule has 8 nitrogen and oxygen atoms in total. The van der Waals surface area contributed by atoms with Gasteiger partial charge < -0.3 is 19.9 Å². The summed E-state index contributed by atoms with van der Waals surface area (Å²) in [6.07, 6.45) is -0.563. The number of esters is 1. The van der Waals surface area contributed by atoms with Crippen LogP contribution in [0.25, 0.3) is 0 Å². The predicted molar refractivity (Wildman–Crippen MR) is 101 cm³/mol. The minimum Gasteiger partial charge on any atom is -0.480 e. The molecule has 0 aliphatic heterocycles. The van der Waals surface area contributed by atoms with Crippen molar-refractivity contribution < 1.29 is 29.0 Å². The molecule has 8 heteroatoms. The Morgan fingerprint density at radius 2 is 1.78 bits per heavy atom. The number of hydrogen-bond donors (Lipinski definition) is 3. The van der Waals surface area contributed by atoms with Gasteiger partial charge >= 0.3 is 18.0 Å². The van der Waals surface area contributed by atoms with E-state index in [1.807, 2.05) is 6.92 Å². The quantitative estimate of drug-likeness (QED) is 0.623. The van der Waals surface area contributed by atoms with E-state index in [1.165, 1.54) is 7.11 Å². The van der Waals surface area contributed by atoms with E-state index in [1.54, 1.807) is 33.8 Å². The van der Waals surface area contributed by atoms with Crippen molar-refractivity contribution in [2.75, 3.05) is 19.0 Å². The molecule has 0 fully saturated rings. The number of hydrogen-bond acceptors (Lipinski definition) is 6. The Labute approximate surface area is 159 Å². The van der Waals surface area contributed by atoms with E-state index in [9.17, 15) is 14.4 Å². The Kier molecular flexibility index (Phi) is 7.78. The molecule has 0 saturated carbocycles. The highest BCUT2D eigenvalue weighted by molar-refractivity contribution is 5.87. The third-order valence-corrected chi connectivity index (χ3v) is 3.89. The molecule has 0 aliphatic rings. The highest BCUT2D eigenvalue weighted by Crippen LogP contribution is 2.28. The fourth-order valence-electron chi connectivity index (χ4n) is 2.54. The van der Waals surface area contributed by atoms with E-state index in [0.717, 1.165) is 22.3 Å². The monoisotopic (exact) mass is 380 g/mol. The van der Waals surface area contributed by atoms with Crippen LogP contribution in [-0.4, -0.2) is 42.4 Å². The Bertz CT molecular complexity index is 722. The van der Waals surface area contributed by atoms with Gasteiger partial charge in [0.15, 0.2) is 0 Å². The number of carbonyl (C=O) groups is 3. The molecule has 1 rings (SSSR count). The molecule has 0 radical (unpaired) electrons. The second-order valence-corrected chi connectivity index (χ2v) is 7.19. The zero-order valence-corrected chi connectivity index (χ0v) is 16.7. The van der Waals surface area contributed by atoms with Crippen LogP contribution in [0.3, 0.4) is 0 Å². The summed E-state index contributed by atoms with van der Waals surface area (Å²) in [6.45, 7) is 9.01. The second-order valence-electron chi connectivity index (χ2n) is 7.19. The largest absolute Gasteiger partial charge is 0.480 e. The van der Waals surface area contributed by atoms with E-state index in [4.69, 9.17) is 14.6 Å². The van der Waals surface area contributed by atoms with Crippen molar-refractivity contribution in [3.63, 3.8) is 0 Å². The maximum atomic E-state index is 12.2. The first-order chi connectivity index (χ1) is 12.4. The molecule has 0 spiro atoms. The smallest absolute Gasteiger partial charge is 0.412 e. The standard InChI is InChI=1S/C19H28N2O6/c1-11-13(9-20-10-16(22)23)7-15(21-18(25)27-19(3,4)5)12(2)14(11)8-17(24)26-6/h7,20H,8-10H2,1-6H3,(H,21,25)(H,22,23). The van der Waals surface area contributed by atoms with Crippen LogP contribution in [0.5, 0.6) is 0 Å². The number of rotatable bonds is 7. The van der Waals surface area contributed by atoms with Gasteiger partial charge in [-0.05, 0) is 62.9 Å². The van der Waals surface area contributed by atoms with Crippen LogP contribution in [0.1, 0.15) is 43.0 Å². The summed E-state index contributed by atoms with van der Waals surface area (Å²) in [5.41, 5.74) is 2.91. The molecule has 3 N–H and O–H groups in total. The van der Waals surface area contributed by atoms with Crippen molar-refractivity contribution in [1.82, 2.24) is 5.32 Å². The first-order valence-corrected chi connectivity index (χ1v) is 8.56. The molecule has 27 heavy (non-hydrogen) atoms. The maximum Gasteiger partial charge on any atom is 0.412 e. The summed E-state index contributed by atoms with van der Waals surface area (Å²) in [5.74, 6) is -1.37. The van der Waals surface area contributed by atoms with Gasteiger partial charge in [-0.25, -0.2) is 4.79 Å². The number of ether oxygens (including phenoxy) is 2. The summed E-state index contributed by atoms with van der Waals surface area (Å²) >= 11 is 0. The summed E-state index contributed by atoms with van der Waals surface area (Å²) in [7, 11) is 1.31. The summed E-state index contributed by atoms with van der Waals surface area (Å²) in [5, 5.41) is 14.3. The van der Waals surface area contributed by atoms with Gasteiger partial charge in [0.2, 0.25) is 0 Å². The number of methoxy groups -OCH3 is 1. The minimum absolute atomic E-state index is 0.0456. The van der Waals surface area contributed by atoms with Crippen LogP contribution in [0, 0.1) is 13.8 Å². The molecular weight excluding hydrogens is 352 g/mol. The predicted octanol–water partition coefficient (Wildman–Crippen LogP) is 2.54. The van der Waals surface area contributed by atoms with Crippen molar-refractivity contribution in [3.8, 4) is 0 Å². The molecule has 1 amide bonds. The number of amides is 1. The lowest BCUT2D eigenvalue weighted by molar-refractivity contribution is -0.140. The van der Waals surface area contributed by atoms with E-state index in [2.05, 4.69) is 10.6 Å². The van der Waals surface area contributed by atoms with Gasteiger partial charge in [0.1, 0.15) is 5.60 Å². The molecular formula is C19H28N2O6. The van der Waals surface area contributed by atoms with Crippen molar-refractivity contribution in [1.29, 1.82) is 0 Å². The molecule has 1 aromatic carbocycles. The molecule has 150 valence electrons. The van der Waals surface area contributed by atoms with Crippen molar-refractivity contribution in [3.05, 3.63) is 28.3 Å². The highest BCUT2D eigenvalue weighted by Gasteiger charge is 2.20. The molecule has 0 saturated heterocycles. The SMILES string of the molecule is COC(=O)Cc1c(C)c(CNCC(=O)O)cc(NC(=O)OC(C)(C)C)c1C. The van der Waals surface area contributed by atoms with E-state index in [-0.39, 0.29) is 19.5 Å². The summed E-state index contributed by atoms with van der Waals surface area (Å²) < 4.78 is 10.0. The van der Waals surface area contributed by atoms with Gasteiger partial charge in [-0.1, -0.05) is 0 Å². The van der Waals surface area contributed by atoms with Crippen LogP contribution >= 0.6 is 0 Å². The fraction of sp³-hybridized carbons (Fsp3) is 0.526. The zero-order valence-electron chi connectivity index (χ0n) is 16.7. The topological polar surface area (TPSA) is 114 Å². The van der Waals surface area contributed by atoms with Gasteiger partial charge in [0, 0.05) is 12.2 Å². The third kappa shape index (κ3) is 7.26. The van der Waals surface area contributed by atoms with Crippen LogP contribution in [0.15, 0.2) is 6.07 Å². The molecule has 0 aromatic heterocycles.